The number of methoxy groups -OCH3 is 1. The molecule has 26 heavy (non-hydrogen) atoms. The van der Waals surface area contributed by atoms with Gasteiger partial charge in [0.1, 0.15) is 11.8 Å². The molecule has 0 fully saturated rings. The Hall–Kier alpha value is -1.51. The predicted molar refractivity (Wildman–Crippen MR) is 111 cm³/mol. The molecule has 0 bridgehead atoms. The Morgan fingerprint density at radius 3 is 2.04 bits per heavy atom. The van der Waals surface area contributed by atoms with Crippen molar-refractivity contribution < 1.29 is 10.1 Å². The number of quaternary nitrogens is 1. The fraction of sp³-hybridized carbons (Fsp3) is 0.478. The monoisotopic (exact) mass is 374 g/mol. The van der Waals surface area contributed by atoms with Gasteiger partial charge in [-0.15, -0.1) is 0 Å². The van der Waals surface area contributed by atoms with Crippen molar-refractivity contribution in [2.45, 2.75) is 52.0 Å². The highest BCUT2D eigenvalue weighted by molar-refractivity contribution is 6.30. The minimum absolute atomic E-state index is 0.453. The lowest BCUT2D eigenvalue weighted by atomic mass is 9.88. The van der Waals surface area contributed by atoms with Gasteiger partial charge in [-0.2, -0.15) is 0 Å². The van der Waals surface area contributed by atoms with Gasteiger partial charge in [0.25, 0.3) is 0 Å². The fourth-order valence-corrected chi connectivity index (χ4v) is 3.46. The van der Waals surface area contributed by atoms with Crippen LogP contribution in [0.1, 0.15) is 63.1 Å². The maximum Gasteiger partial charge on any atom is 0.118 e. The Morgan fingerprint density at radius 2 is 1.46 bits per heavy atom. The summed E-state index contributed by atoms with van der Waals surface area (Å²) >= 11 is 5.99. The molecule has 0 aromatic heterocycles. The average Bonchev–Trinajstić information content (AvgIpc) is 2.65. The predicted octanol–water partition coefficient (Wildman–Crippen LogP) is 5.58. The molecule has 0 aliphatic heterocycles. The summed E-state index contributed by atoms with van der Waals surface area (Å²) in [5.74, 6) is 2.28. The molecular formula is C23H33ClNO+. The molecule has 0 spiro atoms. The van der Waals surface area contributed by atoms with E-state index in [2.05, 4.69) is 62.5 Å². The summed E-state index contributed by atoms with van der Waals surface area (Å²) in [4.78, 5) is 0. The Bertz CT molecular complexity index is 636. The first-order valence-electron chi connectivity index (χ1n) is 9.72. The molecule has 0 aliphatic carbocycles. The van der Waals surface area contributed by atoms with Crippen LogP contribution in [0.3, 0.4) is 0 Å². The highest BCUT2D eigenvalue weighted by atomic mass is 35.5. The van der Waals surface area contributed by atoms with Crippen LogP contribution in [0.15, 0.2) is 48.5 Å². The van der Waals surface area contributed by atoms with E-state index >= 15 is 0 Å². The molecule has 2 aromatic rings. The van der Waals surface area contributed by atoms with E-state index in [-0.39, 0.29) is 0 Å². The van der Waals surface area contributed by atoms with E-state index in [4.69, 9.17) is 16.3 Å². The van der Waals surface area contributed by atoms with Crippen molar-refractivity contribution in [3.63, 3.8) is 0 Å². The van der Waals surface area contributed by atoms with Gasteiger partial charge in [0, 0.05) is 17.0 Å². The van der Waals surface area contributed by atoms with E-state index < -0.39 is 0 Å². The summed E-state index contributed by atoms with van der Waals surface area (Å²) < 4.78 is 5.30. The summed E-state index contributed by atoms with van der Waals surface area (Å²) in [5, 5.41) is 3.24. The Labute approximate surface area is 163 Å². The third-order valence-corrected chi connectivity index (χ3v) is 5.36. The molecule has 2 N–H and O–H groups in total. The second-order valence-corrected chi connectivity index (χ2v) is 8.03. The molecule has 0 radical (unpaired) electrons. The van der Waals surface area contributed by atoms with Crippen LogP contribution in [0, 0.1) is 5.92 Å². The van der Waals surface area contributed by atoms with Gasteiger partial charge in [-0.25, -0.2) is 0 Å². The van der Waals surface area contributed by atoms with Crippen molar-refractivity contribution >= 4 is 11.6 Å². The lowest BCUT2D eigenvalue weighted by Gasteiger charge is -2.19. The van der Waals surface area contributed by atoms with Crippen LogP contribution in [0.4, 0.5) is 0 Å². The molecule has 3 heteroatoms. The molecule has 0 saturated heterocycles. The highest BCUT2D eigenvalue weighted by Gasteiger charge is 2.15. The molecule has 0 saturated carbocycles. The number of benzene rings is 2. The van der Waals surface area contributed by atoms with Gasteiger partial charge in [-0.05, 0) is 55.0 Å². The van der Waals surface area contributed by atoms with Gasteiger partial charge < -0.3 is 10.1 Å². The van der Waals surface area contributed by atoms with Crippen LogP contribution < -0.4 is 10.1 Å². The first-order chi connectivity index (χ1) is 12.5. The number of rotatable bonds is 10. The highest BCUT2D eigenvalue weighted by Crippen LogP contribution is 2.27. The maximum atomic E-state index is 5.99. The van der Waals surface area contributed by atoms with Crippen molar-refractivity contribution in [2.24, 2.45) is 5.92 Å². The smallest absolute Gasteiger partial charge is 0.118 e. The molecule has 0 heterocycles. The van der Waals surface area contributed by atoms with Crippen molar-refractivity contribution in [2.75, 3.05) is 13.7 Å². The SMILES string of the molecule is COc1ccc([C@@H](CC[NH2+][C@@H](C)c2ccc(Cl)cc2)CCC(C)C)cc1. The standard InChI is InChI=1S/C23H32ClNO/c1-17(2)5-6-21(20-9-13-23(26-4)14-10-20)15-16-25-18(3)19-7-11-22(24)12-8-19/h7-14,17-18,21,25H,5-6,15-16H2,1-4H3/p+1/t18-,21+/m0/s1. The second-order valence-electron chi connectivity index (χ2n) is 7.59. The van der Waals surface area contributed by atoms with E-state index in [9.17, 15) is 0 Å². The zero-order chi connectivity index (χ0) is 18.9. The molecule has 2 nitrogen and oxygen atoms in total. The molecule has 2 atom stereocenters. The van der Waals surface area contributed by atoms with Crippen molar-refractivity contribution in [3.8, 4) is 5.75 Å². The molecule has 0 amide bonds. The number of hydrogen-bond donors (Lipinski definition) is 1. The summed E-state index contributed by atoms with van der Waals surface area (Å²) in [5.41, 5.74) is 2.76. The van der Waals surface area contributed by atoms with Gasteiger partial charge in [0.2, 0.25) is 0 Å². The van der Waals surface area contributed by atoms with Crippen LogP contribution in [0.2, 0.25) is 5.02 Å². The van der Waals surface area contributed by atoms with Crippen LogP contribution in [0.25, 0.3) is 0 Å². The minimum atomic E-state index is 0.453. The van der Waals surface area contributed by atoms with Crippen LogP contribution in [-0.2, 0) is 0 Å². The number of nitrogens with two attached hydrogens (primary N) is 1. The molecule has 142 valence electrons. The molecule has 0 unspecified atom stereocenters. The third kappa shape index (κ3) is 6.66. The molecule has 0 aliphatic rings. The van der Waals surface area contributed by atoms with Crippen LogP contribution in [-0.4, -0.2) is 13.7 Å². The van der Waals surface area contributed by atoms with Gasteiger partial charge in [-0.3, -0.25) is 0 Å². The summed E-state index contributed by atoms with van der Waals surface area (Å²) in [6, 6.07) is 17.3. The van der Waals surface area contributed by atoms with E-state index in [0.717, 1.165) is 23.2 Å². The Balaban J connectivity index is 1.93. The normalized spacial score (nSPS) is 13.6. The minimum Gasteiger partial charge on any atom is -0.497 e. The molecule has 2 aromatic carbocycles. The first kappa shape index (κ1) is 20.8. The van der Waals surface area contributed by atoms with Gasteiger partial charge in [0.15, 0.2) is 0 Å². The first-order valence-corrected chi connectivity index (χ1v) is 10.1. The van der Waals surface area contributed by atoms with Crippen molar-refractivity contribution in [3.05, 3.63) is 64.7 Å². The summed E-state index contributed by atoms with van der Waals surface area (Å²) in [6.07, 6.45) is 3.70. The zero-order valence-corrected chi connectivity index (χ0v) is 17.3. The number of ether oxygens (including phenoxy) is 1. The summed E-state index contributed by atoms with van der Waals surface area (Å²) in [6.45, 7) is 8.00. The fourth-order valence-electron chi connectivity index (χ4n) is 3.34. The van der Waals surface area contributed by atoms with E-state index in [1.54, 1.807) is 7.11 Å². The number of halogens is 1. The number of hydrogen-bond acceptors (Lipinski definition) is 1. The van der Waals surface area contributed by atoms with Crippen LogP contribution in [0.5, 0.6) is 5.75 Å². The van der Waals surface area contributed by atoms with Gasteiger partial charge in [-0.1, -0.05) is 56.1 Å². The van der Waals surface area contributed by atoms with Crippen LogP contribution >= 0.6 is 11.6 Å². The molecule has 2 rings (SSSR count). The van der Waals surface area contributed by atoms with Crippen molar-refractivity contribution in [1.82, 2.24) is 0 Å². The second kappa shape index (κ2) is 10.6. The van der Waals surface area contributed by atoms with Crippen molar-refractivity contribution in [1.29, 1.82) is 0 Å². The maximum absolute atomic E-state index is 5.99. The lowest BCUT2D eigenvalue weighted by molar-refractivity contribution is -0.693. The van der Waals surface area contributed by atoms with Gasteiger partial charge >= 0.3 is 0 Å². The largest absolute Gasteiger partial charge is 0.497 e. The zero-order valence-electron chi connectivity index (χ0n) is 16.5. The molecular weight excluding hydrogens is 342 g/mol. The van der Waals surface area contributed by atoms with E-state index in [0.29, 0.717) is 12.0 Å². The topological polar surface area (TPSA) is 25.8 Å². The van der Waals surface area contributed by atoms with E-state index in [1.165, 1.54) is 30.4 Å². The Morgan fingerprint density at radius 1 is 0.846 bits per heavy atom. The lowest BCUT2D eigenvalue weighted by Crippen LogP contribution is -2.84. The van der Waals surface area contributed by atoms with Gasteiger partial charge in [0.05, 0.1) is 13.7 Å². The van der Waals surface area contributed by atoms with E-state index in [1.807, 2.05) is 12.1 Å². The quantitative estimate of drug-likeness (QED) is 0.576. The summed E-state index contributed by atoms with van der Waals surface area (Å²) in [7, 11) is 1.72. The Kier molecular flexibility index (Phi) is 8.47. The average molecular weight is 375 g/mol. The third-order valence-electron chi connectivity index (χ3n) is 5.11.